The summed E-state index contributed by atoms with van der Waals surface area (Å²) >= 11 is 0. The van der Waals surface area contributed by atoms with Gasteiger partial charge in [0.1, 0.15) is 0 Å². The van der Waals surface area contributed by atoms with Crippen LogP contribution in [0, 0.1) is 10.8 Å². The Morgan fingerprint density at radius 2 is 2.00 bits per heavy atom. The molecule has 0 bridgehead atoms. The second kappa shape index (κ2) is 2.69. The molecular weight excluding hydrogens is 172 g/mol. The zero-order valence-corrected chi connectivity index (χ0v) is 7.45. The van der Waals surface area contributed by atoms with Crippen molar-refractivity contribution < 1.29 is 19.7 Å². The number of aliphatic hydroxyl groups is 1. The molecule has 4 nitrogen and oxygen atoms in total. The lowest BCUT2D eigenvalue weighted by Gasteiger charge is -2.25. The highest BCUT2D eigenvalue weighted by Crippen LogP contribution is 2.68. The van der Waals surface area contributed by atoms with Gasteiger partial charge in [0.25, 0.3) is 0 Å². The maximum Gasteiger partial charge on any atom is 0.312 e. The van der Waals surface area contributed by atoms with Crippen LogP contribution in [0.5, 0.6) is 0 Å². The summed E-state index contributed by atoms with van der Waals surface area (Å²) in [5.74, 6) is -0.850. The molecule has 1 heterocycles. The Morgan fingerprint density at radius 3 is 2.38 bits per heavy atom. The third-order valence-corrected chi connectivity index (χ3v) is 3.66. The fourth-order valence-electron chi connectivity index (χ4n) is 2.54. The lowest BCUT2D eigenvalue weighted by Crippen LogP contribution is -2.31. The fourth-order valence-corrected chi connectivity index (χ4v) is 2.54. The van der Waals surface area contributed by atoms with Crippen molar-refractivity contribution in [2.24, 2.45) is 10.8 Å². The van der Waals surface area contributed by atoms with E-state index in [9.17, 15) is 4.79 Å². The van der Waals surface area contributed by atoms with Gasteiger partial charge in [-0.25, -0.2) is 0 Å². The monoisotopic (exact) mass is 186 g/mol. The first-order chi connectivity index (χ1) is 6.17. The Hall–Kier alpha value is -0.610. The highest BCUT2D eigenvalue weighted by Gasteiger charge is 2.71. The Morgan fingerprint density at radius 1 is 1.38 bits per heavy atom. The van der Waals surface area contributed by atoms with E-state index in [1.807, 2.05) is 0 Å². The summed E-state index contributed by atoms with van der Waals surface area (Å²) in [6.45, 7) is 1.03. The van der Waals surface area contributed by atoms with Crippen molar-refractivity contribution in [3.8, 4) is 0 Å². The molecule has 0 aromatic heterocycles. The quantitative estimate of drug-likeness (QED) is 0.648. The summed E-state index contributed by atoms with van der Waals surface area (Å²) in [4.78, 5) is 11.0. The van der Waals surface area contributed by atoms with Gasteiger partial charge in [0, 0.05) is 13.2 Å². The molecule has 4 heteroatoms. The molecule has 1 saturated carbocycles. The molecule has 1 saturated heterocycles. The first kappa shape index (κ1) is 8.97. The third-order valence-electron chi connectivity index (χ3n) is 3.66. The van der Waals surface area contributed by atoms with E-state index >= 15 is 0 Å². The smallest absolute Gasteiger partial charge is 0.312 e. The van der Waals surface area contributed by atoms with Crippen molar-refractivity contribution in [3.63, 3.8) is 0 Å². The summed E-state index contributed by atoms with van der Waals surface area (Å²) in [7, 11) is 0. The van der Waals surface area contributed by atoms with Gasteiger partial charge in [0.2, 0.25) is 0 Å². The minimum atomic E-state index is -0.850. The van der Waals surface area contributed by atoms with E-state index < -0.39 is 11.4 Å². The number of hydrogen-bond acceptors (Lipinski definition) is 3. The number of carbonyl (C=O) groups is 1. The molecule has 2 aliphatic rings. The maximum atomic E-state index is 11.0. The molecule has 1 unspecified atom stereocenters. The summed E-state index contributed by atoms with van der Waals surface area (Å²) < 4.78 is 5.19. The van der Waals surface area contributed by atoms with Crippen LogP contribution in [0.15, 0.2) is 0 Å². The van der Waals surface area contributed by atoms with Crippen molar-refractivity contribution >= 4 is 5.97 Å². The highest BCUT2D eigenvalue weighted by atomic mass is 16.5. The van der Waals surface area contributed by atoms with Crippen LogP contribution in [-0.2, 0) is 9.53 Å². The zero-order chi connectivity index (χ0) is 9.53. The van der Waals surface area contributed by atoms with Crippen molar-refractivity contribution in [2.45, 2.75) is 19.3 Å². The first-order valence-electron chi connectivity index (χ1n) is 4.59. The van der Waals surface area contributed by atoms with Crippen LogP contribution in [0.3, 0.4) is 0 Å². The minimum Gasteiger partial charge on any atom is -0.481 e. The molecule has 2 N–H and O–H groups in total. The molecule has 0 aromatic rings. The Labute approximate surface area is 76.5 Å². The number of hydrogen-bond donors (Lipinski definition) is 2. The summed E-state index contributed by atoms with van der Waals surface area (Å²) in [5, 5.41) is 18.1. The van der Waals surface area contributed by atoms with Gasteiger partial charge in [0.05, 0.1) is 12.0 Å². The second-order valence-electron chi connectivity index (χ2n) is 4.11. The van der Waals surface area contributed by atoms with Crippen LogP contribution < -0.4 is 0 Å². The van der Waals surface area contributed by atoms with E-state index in [2.05, 4.69) is 0 Å². The number of aliphatic carboxylic acids is 1. The molecule has 2 rings (SSSR count). The van der Waals surface area contributed by atoms with Crippen LogP contribution in [0.25, 0.3) is 0 Å². The maximum absolute atomic E-state index is 11.0. The third kappa shape index (κ3) is 1.02. The molecular formula is C9H14O4. The van der Waals surface area contributed by atoms with Gasteiger partial charge < -0.3 is 14.9 Å². The average molecular weight is 186 g/mol. The van der Waals surface area contributed by atoms with E-state index in [1.165, 1.54) is 0 Å². The van der Waals surface area contributed by atoms with E-state index in [-0.39, 0.29) is 12.0 Å². The lowest BCUT2D eigenvalue weighted by atomic mass is 9.86. The summed E-state index contributed by atoms with van der Waals surface area (Å²) in [6.07, 6.45) is 2.18. The van der Waals surface area contributed by atoms with E-state index in [0.717, 1.165) is 12.8 Å². The Kier molecular flexibility index (Phi) is 1.85. The summed E-state index contributed by atoms with van der Waals surface area (Å²) in [6, 6.07) is 0. The predicted octanol–water partition coefficient (Wildman–Crippen LogP) is 0.250. The van der Waals surface area contributed by atoms with Gasteiger partial charge in [-0.3, -0.25) is 4.79 Å². The number of rotatable bonds is 2. The summed E-state index contributed by atoms with van der Waals surface area (Å²) in [5.41, 5.74) is -1.01. The fraction of sp³-hybridized carbons (Fsp3) is 0.889. The molecule has 74 valence electrons. The number of carboxylic acids is 1. The number of carboxylic acid groups (broad SMARTS) is 1. The van der Waals surface area contributed by atoms with Gasteiger partial charge in [0.15, 0.2) is 0 Å². The molecule has 1 aliphatic carbocycles. The largest absolute Gasteiger partial charge is 0.481 e. The van der Waals surface area contributed by atoms with Gasteiger partial charge in [-0.05, 0) is 24.7 Å². The topological polar surface area (TPSA) is 66.8 Å². The average Bonchev–Trinajstić information content (AvgIpc) is 2.76. The molecule has 1 atom stereocenters. The Balaban J connectivity index is 2.15. The Bertz CT molecular complexity index is 232. The molecule has 1 aliphatic heterocycles. The van der Waals surface area contributed by atoms with Crippen LogP contribution in [0.1, 0.15) is 19.3 Å². The number of aliphatic hydroxyl groups excluding tert-OH is 1. The normalized spacial score (nSPS) is 36.1. The van der Waals surface area contributed by atoms with E-state index in [0.29, 0.717) is 19.6 Å². The second-order valence-corrected chi connectivity index (χ2v) is 4.11. The molecule has 1 spiro atoms. The van der Waals surface area contributed by atoms with Crippen LogP contribution in [-0.4, -0.2) is 36.0 Å². The predicted molar refractivity (Wildman–Crippen MR) is 44.3 cm³/mol. The molecule has 2 fully saturated rings. The number of ether oxygens (including phenoxy) is 1. The van der Waals surface area contributed by atoms with Gasteiger partial charge in [-0.2, -0.15) is 0 Å². The van der Waals surface area contributed by atoms with Crippen molar-refractivity contribution in [1.82, 2.24) is 0 Å². The van der Waals surface area contributed by atoms with Gasteiger partial charge in [-0.1, -0.05) is 0 Å². The van der Waals surface area contributed by atoms with E-state index in [4.69, 9.17) is 14.9 Å². The van der Waals surface area contributed by atoms with Crippen LogP contribution >= 0.6 is 0 Å². The van der Waals surface area contributed by atoms with Gasteiger partial charge in [-0.15, -0.1) is 0 Å². The molecule has 13 heavy (non-hydrogen) atoms. The van der Waals surface area contributed by atoms with Crippen molar-refractivity contribution in [3.05, 3.63) is 0 Å². The van der Waals surface area contributed by atoms with Crippen molar-refractivity contribution in [1.29, 1.82) is 0 Å². The van der Waals surface area contributed by atoms with Crippen LogP contribution in [0.2, 0.25) is 0 Å². The zero-order valence-electron chi connectivity index (χ0n) is 7.45. The molecule has 0 radical (unpaired) electrons. The van der Waals surface area contributed by atoms with Crippen molar-refractivity contribution in [2.75, 3.05) is 19.8 Å². The molecule has 0 amide bonds. The standard InChI is InChI=1S/C9H14O4/c10-6-9(7(11)12)5-8(9)1-3-13-4-2-8/h10H,1-6H2,(H,11,12). The minimum absolute atomic E-state index is 0.161. The lowest BCUT2D eigenvalue weighted by molar-refractivity contribution is -0.148. The molecule has 0 aromatic carbocycles. The van der Waals surface area contributed by atoms with Crippen LogP contribution in [0.4, 0.5) is 0 Å². The van der Waals surface area contributed by atoms with Gasteiger partial charge >= 0.3 is 5.97 Å². The first-order valence-corrected chi connectivity index (χ1v) is 4.59. The highest BCUT2D eigenvalue weighted by molar-refractivity contribution is 5.80. The van der Waals surface area contributed by atoms with E-state index in [1.54, 1.807) is 0 Å². The SMILES string of the molecule is O=C(O)C1(CO)CC12CCOCC2.